The molecule has 0 spiro atoms. The van der Waals surface area contributed by atoms with Gasteiger partial charge in [0.2, 0.25) is 0 Å². The minimum absolute atomic E-state index is 0.312. The van der Waals surface area contributed by atoms with E-state index in [9.17, 15) is 4.79 Å². The molecule has 0 saturated carbocycles. The smallest absolute Gasteiger partial charge is 0.341 e. The molecule has 0 fully saturated rings. The van der Waals surface area contributed by atoms with Gasteiger partial charge in [-0.15, -0.1) is 0 Å². The highest BCUT2D eigenvalue weighted by atomic mass is 16.5. The van der Waals surface area contributed by atoms with Crippen LogP contribution in [0, 0.1) is 13.8 Å². The van der Waals surface area contributed by atoms with Gasteiger partial charge in [-0.05, 0) is 32.9 Å². The highest BCUT2D eigenvalue weighted by Gasteiger charge is 2.18. The van der Waals surface area contributed by atoms with Crippen molar-refractivity contribution >= 4 is 11.7 Å². The van der Waals surface area contributed by atoms with Gasteiger partial charge in [0.05, 0.1) is 23.7 Å². The van der Waals surface area contributed by atoms with Gasteiger partial charge in [0, 0.05) is 6.20 Å². The van der Waals surface area contributed by atoms with Gasteiger partial charge in [-0.25, -0.2) is 14.5 Å². The van der Waals surface area contributed by atoms with Crippen molar-refractivity contribution in [2.45, 2.75) is 20.8 Å². The molecule has 0 aliphatic rings. The number of ether oxygens (including phenoxy) is 1. The van der Waals surface area contributed by atoms with E-state index >= 15 is 0 Å². The number of carbonyl (C=O) groups is 1. The Kier molecular flexibility index (Phi) is 3.50. The third-order valence-corrected chi connectivity index (χ3v) is 2.83. The predicted molar refractivity (Wildman–Crippen MR) is 71.2 cm³/mol. The van der Waals surface area contributed by atoms with E-state index in [1.807, 2.05) is 13.8 Å². The molecule has 6 nitrogen and oxygen atoms in total. The van der Waals surface area contributed by atoms with Gasteiger partial charge >= 0.3 is 5.97 Å². The van der Waals surface area contributed by atoms with Crippen LogP contribution in [0.1, 0.15) is 28.7 Å². The molecule has 0 unspecified atom stereocenters. The zero-order valence-corrected chi connectivity index (χ0v) is 11.2. The number of aromatic nitrogens is 3. The van der Waals surface area contributed by atoms with Crippen molar-refractivity contribution in [1.82, 2.24) is 14.8 Å². The number of nitrogen functional groups attached to an aromatic ring is 1. The molecular formula is C13H16N4O2. The number of carbonyl (C=O) groups excluding carboxylic acids is 1. The molecular weight excluding hydrogens is 244 g/mol. The fraction of sp³-hybridized carbons (Fsp3) is 0.308. The monoisotopic (exact) mass is 260 g/mol. The number of nitrogens with zero attached hydrogens (tertiary/aromatic N) is 3. The first-order valence-electron chi connectivity index (χ1n) is 6.00. The average molecular weight is 260 g/mol. The van der Waals surface area contributed by atoms with Gasteiger partial charge in [0.15, 0.2) is 5.82 Å². The molecule has 0 saturated heterocycles. The number of esters is 1. The van der Waals surface area contributed by atoms with E-state index in [2.05, 4.69) is 10.1 Å². The molecule has 2 N–H and O–H groups in total. The van der Waals surface area contributed by atoms with E-state index in [0.29, 0.717) is 29.4 Å². The summed E-state index contributed by atoms with van der Waals surface area (Å²) in [6.07, 6.45) is 1.60. The average Bonchev–Trinajstić information content (AvgIpc) is 2.67. The van der Waals surface area contributed by atoms with Crippen molar-refractivity contribution in [2.24, 2.45) is 0 Å². The van der Waals surface area contributed by atoms with Crippen molar-refractivity contribution < 1.29 is 9.53 Å². The number of rotatable bonds is 3. The Morgan fingerprint density at radius 2 is 2.21 bits per heavy atom. The van der Waals surface area contributed by atoms with Gasteiger partial charge < -0.3 is 10.5 Å². The van der Waals surface area contributed by atoms with E-state index in [1.54, 1.807) is 29.9 Å². The third kappa shape index (κ3) is 2.29. The summed E-state index contributed by atoms with van der Waals surface area (Å²) in [5.41, 5.74) is 8.32. The second kappa shape index (κ2) is 5.09. The first kappa shape index (κ1) is 13.1. The fourth-order valence-electron chi connectivity index (χ4n) is 1.79. The van der Waals surface area contributed by atoms with E-state index in [4.69, 9.17) is 10.5 Å². The van der Waals surface area contributed by atoms with Crippen LogP contribution in [-0.2, 0) is 4.74 Å². The lowest BCUT2D eigenvalue weighted by Crippen LogP contribution is -2.13. The molecule has 100 valence electrons. The Morgan fingerprint density at radius 1 is 1.47 bits per heavy atom. The predicted octanol–water partition coefficient (Wildman–Crippen LogP) is 1.64. The van der Waals surface area contributed by atoms with Crippen LogP contribution in [0.3, 0.4) is 0 Å². The summed E-state index contributed by atoms with van der Waals surface area (Å²) in [4.78, 5) is 16.1. The Hall–Kier alpha value is -2.37. The van der Waals surface area contributed by atoms with Gasteiger partial charge in [0.1, 0.15) is 5.56 Å². The van der Waals surface area contributed by atoms with Crippen molar-refractivity contribution in [1.29, 1.82) is 0 Å². The molecule has 0 amide bonds. The second-order valence-electron chi connectivity index (χ2n) is 4.09. The summed E-state index contributed by atoms with van der Waals surface area (Å²) in [5, 5.41) is 4.30. The lowest BCUT2D eigenvalue weighted by molar-refractivity contribution is 0.0525. The maximum absolute atomic E-state index is 11.9. The quantitative estimate of drug-likeness (QED) is 0.848. The minimum atomic E-state index is -0.420. The number of aryl methyl sites for hydroxylation is 1. The Balaban J connectivity index is 2.56. The van der Waals surface area contributed by atoms with Crippen LogP contribution in [0.15, 0.2) is 18.3 Å². The number of hydrogen-bond donors (Lipinski definition) is 1. The van der Waals surface area contributed by atoms with E-state index in [-0.39, 0.29) is 0 Å². The van der Waals surface area contributed by atoms with Crippen molar-refractivity contribution in [3.63, 3.8) is 0 Å². The second-order valence-corrected chi connectivity index (χ2v) is 4.09. The highest BCUT2D eigenvalue weighted by Crippen LogP contribution is 2.20. The zero-order valence-electron chi connectivity index (χ0n) is 11.2. The van der Waals surface area contributed by atoms with Crippen molar-refractivity contribution in [3.05, 3.63) is 35.3 Å². The SMILES string of the molecule is CCOC(=O)c1cccnc1-n1nc(C)c(N)c1C. The third-order valence-electron chi connectivity index (χ3n) is 2.83. The molecule has 2 aromatic heterocycles. The normalized spacial score (nSPS) is 10.5. The summed E-state index contributed by atoms with van der Waals surface area (Å²) in [6, 6.07) is 3.35. The minimum Gasteiger partial charge on any atom is -0.462 e. The first-order chi connectivity index (χ1) is 9.06. The van der Waals surface area contributed by atoms with Crippen LogP contribution >= 0.6 is 0 Å². The Morgan fingerprint density at radius 3 is 2.79 bits per heavy atom. The first-order valence-corrected chi connectivity index (χ1v) is 6.00. The van der Waals surface area contributed by atoms with Crippen molar-refractivity contribution in [2.75, 3.05) is 12.3 Å². The molecule has 0 aromatic carbocycles. The molecule has 6 heteroatoms. The van der Waals surface area contributed by atoms with Crippen LogP contribution in [-0.4, -0.2) is 27.3 Å². The van der Waals surface area contributed by atoms with Crippen LogP contribution in [0.5, 0.6) is 0 Å². The summed E-state index contributed by atoms with van der Waals surface area (Å²) >= 11 is 0. The molecule has 19 heavy (non-hydrogen) atoms. The van der Waals surface area contributed by atoms with Gasteiger partial charge in [-0.3, -0.25) is 0 Å². The van der Waals surface area contributed by atoms with Gasteiger partial charge in [0.25, 0.3) is 0 Å². The van der Waals surface area contributed by atoms with Crippen molar-refractivity contribution in [3.8, 4) is 5.82 Å². The topological polar surface area (TPSA) is 83.0 Å². The lowest BCUT2D eigenvalue weighted by Gasteiger charge is -2.09. The maximum Gasteiger partial charge on any atom is 0.341 e. The summed E-state index contributed by atoms with van der Waals surface area (Å²) < 4.78 is 6.58. The molecule has 0 atom stereocenters. The molecule has 0 radical (unpaired) electrons. The number of hydrogen-bond acceptors (Lipinski definition) is 5. The number of anilines is 1. The summed E-state index contributed by atoms with van der Waals surface area (Å²) in [6.45, 7) is 5.71. The van der Waals surface area contributed by atoms with E-state index in [1.165, 1.54) is 0 Å². The summed E-state index contributed by atoms with van der Waals surface area (Å²) in [5.74, 6) is 0.00924. The van der Waals surface area contributed by atoms with Gasteiger partial charge in [-0.2, -0.15) is 5.10 Å². The highest BCUT2D eigenvalue weighted by molar-refractivity contribution is 5.92. The Labute approximate surface area is 111 Å². The standard InChI is InChI=1S/C13H16N4O2/c1-4-19-13(18)10-6-5-7-15-12(10)17-9(3)11(14)8(2)16-17/h5-7H,4,14H2,1-3H3. The largest absolute Gasteiger partial charge is 0.462 e. The van der Waals surface area contributed by atoms with Crippen LogP contribution in [0.4, 0.5) is 5.69 Å². The maximum atomic E-state index is 11.9. The molecule has 2 heterocycles. The molecule has 2 rings (SSSR count). The molecule has 0 bridgehead atoms. The number of pyridine rings is 1. The molecule has 0 aliphatic heterocycles. The van der Waals surface area contributed by atoms with Crippen LogP contribution in [0.25, 0.3) is 5.82 Å². The zero-order chi connectivity index (χ0) is 14.0. The van der Waals surface area contributed by atoms with E-state index < -0.39 is 5.97 Å². The molecule has 0 aliphatic carbocycles. The van der Waals surface area contributed by atoms with Crippen LogP contribution < -0.4 is 5.73 Å². The fourth-order valence-corrected chi connectivity index (χ4v) is 1.79. The molecule has 2 aromatic rings. The number of nitrogens with two attached hydrogens (primary N) is 1. The van der Waals surface area contributed by atoms with E-state index in [0.717, 1.165) is 5.69 Å². The van der Waals surface area contributed by atoms with Crippen LogP contribution in [0.2, 0.25) is 0 Å². The van der Waals surface area contributed by atoms with Gasteiger partial charge in [-0.1, -0.05) is 0 Å². The lowest BCUT2D eigenvalue weighted by atomic mass is 10.2. The Bertz CT molecular complexity index is 619. The summed E-state index contributed by atoms with van der Waals surface area (Å²) in [7, 11) is 0.